The van der Waals surface area contributed by atoms with Crippen molar-refractivity contribution in [3.8, 4) is 0 Å². The molecule has 2 heterocycles. The monoisotopic (exact) mass is 234 g/mol. The van der Waals surface area contributed by atoms with Gasteiger partial charge in [-0.1, -0.05) is 6.92 Å². The fourth-order valence-corrected chi connectivity index (χ4v) is 2.36. The molecule has 2 fully saturated rings. The van der Waals surface area contributed by atoms with Gasteiger partial charge in [-0.25, -0.2) is 4.98 Å². The predicted molar refractivity (Wildman–Crippen MR) is 66.2 cm³/mol. The molecule has 0 bridgehead atoms. The summed E-state index contributed by atoms with van der Waals surface area (Å²) >= 11 is 0. The number of nitrogens with two attached hydrogens (primary N) is 1. The molecule has 1 saturated heterocycles. The van der Waals surface area contributed by atoms with Gasteiger partial charge in [0.05, 0.1) is 5.54 Å². The number of rotatable bonds is 3. The first kappa shape index (κ1) is 10.8. The highest BCUT2D eigenvalue weighted by Crippen LogP contribution is 2.33. The second kappa shape index (κ2) is 3.57. The summed E-state index contributed by atoms with van der Waals surface area (Å²) in [5, 5.41) is 0. The fourth-order valence-electron chi connectivity index (χ4n) is 2.36. The average Bonchev–Trinajstić information content (AvgIpc) is 3.09. The summed E-state index contributed by atoms with van der Waals surface area (Å²) in [5.74, 6) is 0.564. The molecular weight excluding hydrogens is 216 g/mol. The molecule has 2 N–H and O–H groups in total. The standard InChI is InChI=1S/C12H18N4O/c1-2-12(13)7-15(8-12)10-11(17)16(6-5-14-10)9-3-4-9/h5-6,9H,2-4,7-8,13H2,1H3. The van der Waals surface area contributed by atoms with E-state index in [4.69, 9.17) is 5.73 Å². The quantitative estimate of drug-likeness (QED) is 0.827. The maximum Gasteiger partial charge on any atom is 0.293 e. The summed E-state index contributed by atoms with van der Waals surface area (Å²) in [4.78, 5) is 18.4. The van der Waals surface area contributed by atoms with Crippen molar-refractivity contribution in [1.29, 1.82) is 0 Å². The van der Waals surface area contributed by atoms with Gasteiger partial charge in [0.1, 0.15) is 0 Å². The Balaban J connectivity index is 1.85. The number of nitrogens with zero attached hydrogens (tertiary/aromatic N) is 3. The summed E-state index contributed by atoms with van der Waals surface area (Å²) in [6.07, 6.45) is 6.67. The maximum absolute atomic E-state index is 12.2. The van der Waals surface area contributed by atoms with Crippen LogP contribution < -0.4 is 16.2 Å². The van der Waals surface area contributed by atoms with Crippen LogP contribution in [0.4, 0.5) is 5.82 Å². The van der Waals surface area contributed by atoms with E-state index in [0.717, 1.165) is 32.4 Å². The molecule has 92 valence electrons. The van der Waals surface area contributed by atoms with Gasteiger partial charge in [-0.15, -0.1) is 0 Å². The smallest absolute Gasteiger partial charge is 0.293 e. The molecule has 0 amide bonds. The Morgan fingerprint density at radius 1 is 1.53 bits per heavy atom. The van der Waals surface area contributed by atoms with Gasteiger partial charge in [0, 0.05) is 31.5 Å². The Hall–Kier alpha value is -1.36. The van der Waals surface area contributed by atoms with E-state index in [0.29, 0.717) is 11.9 Å². The summed E-state index contributed by atoms with van der Waals surface area (Å²) in [6, 6.07) is 0.402. The van der Waals surface area contributed by atoms with Crippen LogP contribution in [0.25, 0.3) is 0 Å². The molecule has 1 aromatic rings. The van der Waals surface area contributed by atoms with Gasteiger partial charge in [-0.3, -0.25) is 4.79 Å². The maximum atomic E-state index is 12.2. The normalized spacial score (nSPS) is 22.4. The largest absolute Gasteiger partial charge is 0.348 e. The van der Waals surface area contributed by atoms with Gasteiger partial charge >= 0.3 is 0 Å². The minimum absolute atomic E-state index is 0.0353. The van der Waals surface area contributed by atoms with Crippen molar-refractivity contribution < 1.29 is 0 Å². The third-order valence-corrected chi connectivity index (χ3v) is 3.81. The number of aromatic nitrogens is 2. The van der Waals surface area contributed by atoms with Crippen LogP contribution in [-0.2, 0) is 0 Å². The SMILES string of the molecule is CCC1(N)CN(c2nccn(C3CC3)c2=O)C1. The van der Waals surface area contributed by atoms with Crippen LogP contribution >= 0.6 is 0 Å². The van der Waals surface area contributed by atoms with Gasteiger partial charge in [0.2, 0.25) is 0 Å². The van der Waals surface area contributed by atoms with Gasteiger partial charge in [0.25, 0.3) is 5.56 Å². The van der Waals surface area contributed by atoms with E-state index < -0.39 is 0 Å². The number of hydrogen-bond donors (Lipinski definition) is 1. The van der Waals surface area contributed by atoms with Gasteiger partial charge in [-0.05, 0) is 19.3 Å². The van der Waals surface area contributed by atoms with E-state index in [2.05, 4.69) is 11.9 Å². The zero-order valence-corrected chi connectivity index (χ0v) is 10.1. The van der Waals surface area contributed by atoms with Gasteiger partial charge < -0.3 is 15.2 Å². The van der Waals surface area contributed by atoms with E-state index >= 15 is 0 Å². The first-order valence-corrected chi connectivity index (χ1v) is 6.24. The van der Waals surface area contributed by atoms with E-state index in [1.807, 2.05) is 9.47 Å². The first-order chi connectivity index (χ1) is 8.13. The molecule has 0 aromatic carbocycles. The van der Waals surface area contributed by atoms with Crippen molar-refractivity contribution in [2.75, 3.05) is 18.0 Å². The van der Waals surface area contributed by atoms with E-state index in [9.17, 15) is 4.79 Å². The van der Waals surface area contributed by atoms with Gasteiger partial charge in [-0.2, -0.15) is 0 Å². The molecule has 1 aromatic heterocycles. The Kier molecular flexibility index (Phi) is 2.26. The zero-order chi connectivity index (χ0) is 12.0. The Morgan fingerprint density at radius 2 is 2.24 bits per heavy atom. The molecule has 5 heteroatoms. The average molecular weight is 234 g/mol. The van der Waals surface area contributed by atoms with E-state index in [1.165, 1.54) is 0 Å². The van der Waals surface area contributed by atoms with Crippen molar-refractivity contribution in [3.63, 3.8) is 0 Å². The summed E-state index contributed by atoms with van der Waals surface area (Å²) in [6.45, 7) is 3.55. The molecule has 0 radical (unpaired) electrons. The van der Waals surface area contributed by atoms with Crippen LogP contribution in [0, 0.1) is 0 Å². The van der Waals surface area contributed by atoms with Crippen molar-refractivity contribution in [2.24, 2.45) is 5.73 Å². The lowest BCUT2D eigenvalue weighted by Gasteiger charge is -2.47. The Bertz CT molecular complexity index is 486. The van der Waals surface area contributed by atoms with Crippen molar-refractivity contribution in [1.82, 2.24) is 9.55 Å². The third-order valence-electron chi connectivity index (χ3n) is 3.81. The highest BCUT2D eigenvalue weighted by Gasteiger charge is 2.40. The molecule has 0 atom stereocenters. The minimum Gasteiger partial charge on any atom is -0.348 e. The van der Waals surface area contributed by atoms with Crippen LogP contribution in [0.3, 0.4) is 0 Å². The molecule has 0 spiro atoms. The first-order valence-electron chi connectivity index (χ1n) is 6.24. The zero-order valence-electron chi connectivity index (χ0n) is 10.1. The van der Waals surface area contributed by atoms with Crippen LogP contribution in [0.1, 0.15) is 32.2 Å². The fraction of sp³-hybridized carbons (Fsp3) is 0.667. The molecule has 17 heavy (non-hydrogen) atoms. The highest BCUT2D eigenvalue weighted by molar-refractivity contribution is 5.42. The summed E-state index contributed by atoms with van der Waals surface area (Å²) in [5.41, 5.74) is 6.02. The van der Waals surface area contributed by atoms with E-state index in [1.54, 1.807) is 12.4 Å². The second-order valence-electron chi connectivity index (χ2n) is 5.27. The molecule has 2 aliphatic rings. The van der Waals surface area contributed by atoms with Crippen LogP contribution in [0.2, 0.25) is 0 Å². The number of hydrogen-bond acceptors (Lipinski definition) is 4. The lowest BCUT2D eigenvalue weighted by atomic mass is 9.88. The summed E-state index contributed by atoms with van der Waals surface area (Å²) < 4.78 is 1.81. The van der Waals surface area contributed by atoms with Gasteiger partial charge in [0.15, 0.2) is 5.82 Å². The minimum atomic E-state index is -0.131. The van der Waals surface area contributed by atoms with Crippen LogP contribution in [0.15, 0.2) is 17.2 Å². The van der Waals surface area contributed by atoms with Crippen LogP contribution in [0.5, 0.6) is 0 Å². The molecule has 1 aliphatic heterocycles. The molecule has 5 nitrogen and oxygen atoms in total. The molecular formula is C12H18N4O. The Morgan fingerprint density at radius 3 is 2.82 bits per heavy atom. The molecule has 0 unspecified atom stereocenters. The Labute approximate surface area is 100 Å². The predicted octanol–water partition coefficient (Wildman–Crippen LogP) is 0.506. The summed E-state index contributed by atoms with van der Waals surface area (Å²) in [7, 11) is 0. The second-order valence-corrected chi connectivity index (χ2v) is 5.27. The highest BCUT2D eigenvalue weighted by atomic mass is 16.1. The molecule has 1 aliphatic carbocycles. The lowest BCUT2D eigenvalue weighted by molar-refractivity contribution is 0.318. The lowest BCUT2D eigenvalue weighted by Crippen LogP contribution is -2.68. The topological polar surface area (TPSA) is 64.2 Å². The molecule has 1 saturated carbocycles. The third kappa shape index (κ3) is 1.74. The molecule has 3 rings (SSSR count). The van der Waals surface area contributed by atoms with Crippen molar-refractivity contribution in [2.45, 2.75) is 37.8 Å². The van der Waals surface area contributed by atoms with E-state index in [-0.39, 0.29) is 11.1 Å². The number of anilines is 1. The van der Waals surface area contributed by atoms with Crippen LogP contribution in [-0.4, -0.2) is 28.2 Å². The van der Waals surface area contributed by atoms with Crippen molar-refractivity contribution >= 4 is 5.82 Å². The van der Waals surface area contributed by atoms with Crippen molar-refractivity contribution in [3.05, 3.63) is 22.7 Å².